The molecule has 0 bridgehead atoms. The zero-order valence-corrected chi connectivity index (χ0v) is 10.9. The van der Waals surface area contributed by atoms with E-state index in [0.29, 0.717) is 5.56 Å². The third kappa shape index (κ3) is 3.42. The predicted octanol–water partition coefficient (Wildman–Crippen LogP) is 1.58. The molecule has 6 nitrogen and oxygen atoms in total. The van der Waals surface area contributed by atoms with Crippen molar-refractivity contribution < 1.29 is 14.7 Å². The van der Waals surface area contributed by atoms with Crippen molar-refractivity contribution in [2.45, 2.75) is 6.54 Å². The molecule has 2 aromatic rings. The first-order valence-electron chi connectivity index (χ1n) is 6.07. The molecule has 0 aliphatic heterocycles. The molecule has 21 heavy (non-hydrogen) atoms. The summed E-state index contributed by atoms with van der Waals surface area (Å²) in [6.45, 7) is 0.185. The van der Waals surface area contributed by atoms with Gasteiger partial charge in [0.15, 0.2) is 0 Å². The van der Waals surface area contributed by atoms with Crippen LogP contribution in [-0.2, 0) is 6.54 Å². The van der Waals surface area contributed by atoms with E-state index in [9.17, 15) is 9.59 Å². The van der Waals surface area contributed by atoms with Crippen molar-refractivity contribution in [3.63, 3.8) is 0 Å². The zero-order chi connectivity index (χ0) is 15.2. The molecule has 1 aromatic heterocycles. The quantitative estimate of drug-likeness (QED) is 0.885. The lowest BCUT2D eigenvalue weighted by molar-refractivity contribution is 0.0690. The predicted molar refractivity (Wildman–Crippen MR) is 73.5 cm³/mol. The Morgan fingerprint density at radius 1 is 1.29 bits per heavy atom. The van der Waals surface area contributed by atoms with E-state index in [1.54, 1.807) is 24.3 Å². The number of nitriles is 1. The second kappa shape index (κ2) is 6.30. The van der Waals surface area contributed by atoms with E-state index in [1.807, 2.05) is 6.07 Å². The van der Waals surface area contributed by atoms with E-state index < -0.39 is 11.9 Å². The van der Waals surface area contributed by atoms with Crippen molar-refractivity contribution in [2.75, 3.05) is 0 Å². The maximum atomic E-state index is 12.0. The van der Waals surface area contributed by atoms with Crippen LogP contribution in [0, 0.1) is 11.3 Å². The lowest BCUT2D eigenvalue weighted by Crippen LogP contribution is -2.26. The first-order valence-corrected chi connectivity index (χ1v) is 6.07. The van der Waals surface area contributed by atoms with Crippen LogP contribution in [0.15, 0.2) is 42.6 Å². The summed E-state index contributed by atoms with van der Waals surface area (Å²) in [5.41, 5.74) is 0.947. The minimum absolute atomic E-state index is 0.138. The number of nitrogens with zero attached hydrogens (tertiary/aromatic N) is 2. The summed E-state index contributed by atoms with van der Waals surface area (Å²) in [6, 6.07) is 11.6. The molecule has 0 unspecified atom stereocenters. The molecule has 1 amide bonds. The molecule has 2 N–H and O–H groups in total. The lowest BCUT2D eigenvalue weighted by Gasteiger charge is -2.07. The Hall–Kier alpha value is -3.20. The average Bonchev–Trinajstić information content (AvgIpc) is 2.52. The number of rotatable bonds is 4. The summed E-state index contributed by atoms with van der Waals surface area (Å²) in [6.07, 6.45) is 1.36. The van der Waals surface area contributed by atoms with Gasteiger partial charge in [0.1, 0.15) is 5.69 Å². The maximum Gasteiger partial charge on any atom is 0.338 e. The summed E-state index contributed by atoms with van der Waals surface area (Å²) in [5, 5.41) is 20.4. The van der Waals surface area contributed by atoms with Crippen molar-refractivity contribution >= 4 is 11.9 Å². The fraction of sp³-hybridized carbons (Fsp3) is 0.0667. The van der Waals surface area contributed by atoms with Crippen molar-refractivity contribution in [3.05, 3.63) is 65.0 Å². The van der Waals surface area contributed by atoms with Gasteiger partial charge in [-0.2, -0.15) is 5.26 Å². The van der Waals surface area contributed by atoms with Crippen LogP contribution in [-0.4, -0.2) is 22.0 Å². The third-order valence-corrected chi connectivity index (χ3v) is 2.76. The molecule has 0 fully saturated rings. The number of amides is 1. The van der Waals surface area contributed by atoms with Crippen molar-refractivity contribution in [1.29, 1.82) is 5.26 Å². The topological polar surface area (TPSA) is 103 Å². The number of nitrogens with one attached hydrogen (secondary N) is 1. The van der Waals surface area contributed by atoms with Gasteiger partial charge >= 0.3 is 5.97 Å². The summed E-state index contributed by atoms with van der Waals surface area (Å²) in [7, 11) is 0. The van der Waals surface area contributed by atoms with Crippen molar-refractivity contribution in [2.24, 2.45) is 0 Å². The Balaban J connectivity index is 2.12. The molecule has 1 aromatic carbocycles. The number of aromatic nitrogens is 1. The number of hydrogen-bond acceptors (Lipinski definition) is 4. The number of hydrogen-bond donors (Lipinski definition) is 2. The molecule has 0 radical (unpaired) electrons. The largest absolute Gasteiger partial charge is 0.478 e. The van der Waals surface area contributed by atoms with Crippen molar-refractivity contribution in [1.82, 2.24) is 10.3 Å². The Morgan fingerprint density at radius 2 is 2.10 bits per heavy atom. The maximum absolute atomic E-state index is 12.0. The molecular weight excluding hydrogens is 270 g/mol. The highest BCUT2D eigenvalue weighted by Crippen LogP contribution is 2.07. The molecule has 0 aliphatic rings. The molecule has 2 rings (SSSR count). The zero-order valence-electron chi connectivity index (χ0n) is 10.9. The van der Waals surface area contributed by atoms with Gasteiger partial charge < -0.3 is 10.4 Å². The van der Waals surface area contributed by atoms with E-state index >= 15 is 0 Å². The van der Waals surface area contributed by atoms with Gasteiger partial charge in [0.25, 0.3) is 5.91 Å². The SMILES string of the molecule is N#Cc1cccc(CNC(=O)c2ncccc2C(=O)O)c1. The monoisotopic (exact) mass is 281 g/mol. The fourth-order valence-electron chi connectivity index (χ4n) is 1.78. The molecule has 6 heteroatoms. The molecule has 0 aliphatic carbocycles. The van der Waals surface area contributed by atoms with Gasteiger partial charge in [-0.15, -0.1) is 0 Å². The highest BCUT2D eigenvalue weighted by atomic mass is 16.4. The second-order valence-electron chi connectivity index (χ2n) is 4.20. The van der Waals surface area contributed by atoms with Gasteiger partial charge in [-0.3, -0.25) is 9.78 Å². The van der Waals surface area contributed by atoms with E-state index in [0.717, 1.165) is 5.56 Å². The standard InChI is InChI=1S/C15H11N3O3/c16-8-10-3-1-4-11(7-10)9-18-14(19)13-12(15(20)21)5-2-6-17-13/h1-7H,9H2,(H,18,19)(H,20,21). The first kappa shape index (κ1) is 14.2. The molecule has 0 atom stereocenters. The number of carbonyl (C=O) groups is 2. The minimum atomic E-state index is -1.21. The van der Waals surface area contributed by atoms with Gasteiger partial charge in [0.05, 0.1) is 17.2 Å². The van der Waals surface area contributed by atoms with E-state index in [1.165, 1.54) is 18.3 Å². The van der Waals surface area contributed by atoms with Crippen LogP contribution < -0.4 is 5.32 Å². The number of benzene rings is 1. The third-order valence-electron chi connectivity index (χ3n) is 2.76. The fourth-order valence-corrected chi connectivity index (χ4v) is 1.78. The van der Waals surface area contributed by atoms with Crippen LogP contribution in [0.25, 0.3) is 0 Å². The Morgan fingerprint density at radius 3 is 2.81 bits per heavy atom. The van der Waals surface area contributed by atoms with Gasteiger partial charge in [-0.1, -0.05) is 12.1 Å². The van der Waals surface area contributed by atoms with Crippen LogP contribution in [0.4, 0.5) is 0 Å². The van der Waals surface area contributed by atoms with Crippen LogP contribution in [0.3, 0.4) is 0 Å². The number of carboxylic acid groups (broad SMARTS) is 1. The number of aromatic carboxylic acids is 1. The van der Waals surface area contributed by atoms with E-state index in [-0.39, 0.29) is 17.8 Å². The minimum Gasteiger partial charge on any atom is -0.478 e. The molecule has 0 spiro atoms. The molecule has 104 valence electrons. The van der Waals surface area contributed by atoms with Gasteiger partial charge in [-0.05, 0) is 29.8 Å². The molecule has 0 saturated heterocycles. The number of pyridine rings is 1. The normalized spacial score (nSPS) is 9.67. The second-order valence-corrected chi connectivity index (χ2v) is 4.20. The van der Waals surface area contributed by atoms with E-state index in [2.05, 4.69) is 10.3 Å². The molecule has 1 heterocycles. The van der Waals surface area contributed by atoms with E-state index in [4.69, 9.17) is 10.4 Å². The van der Waals surface area contributed by atoms with Crippen LogP contribution >= 0.6 is 0 Å². The summed E-state index contributed by atoms with van der Waals surface area (Å²) in [4.78, 5) is 26.8. The highest BCUT2D eigenvalue weighted by molar-refractivity contribution is 6.03. The average molecular weight is 281 g/mol. The van der Waals surface area contributed by atoms with Gasteiger partial charge in [-0.25, -0.2) is 4.79 Å². The van der Waals surface area contributed by atoms with Crippen LogP contribution in [0.5, 0.6) is 0 Å². The summed E-state index contributed by atoms with van der Waals surface area (Å²) in [5.74, 6) is -1.78. The first-order chi connectivity index (χ1) is 10.1. The Labute approximate surface area is 120 Å². The number of carbonyl (C=O) groups excluding carboxylic acids is 1. The number of carboxylic acids is 1. The van der Waals surface area contributed by atoms with Crippen LogP contribution in [0.1, 0.15) is 32.0 Å². The smallest absolute Gasteiger partial charge is 0.338 e. The van der Waals surface area contributed by atoms with Crippen molar-refractivity contribution in [3.8, 4) is 6.07 Å². The van der Waals surface area contributed by atoms with Gasteiger partial charge in [0, 0.05) is 12.7 Å². The summed E-state index contributed by atoms with van der Waals surface area (Å²) >= 11 is 0. The molecule has 0 saturated carbocycles. The highest BCUT2D eigenvalue weighted by Gasteiger charge is 2.17. The Kier molecular flexibility index (Phi) is 4.26. The lowest BCUT2D eigenvalue weighted by atomic mass is 10.1. The Bertz CT molecular complexity index is 735. The van der Waals surface area contributed by atoms with Crippen LogP contribution in [0.2, 0.25) is 0 Å². The summed E-state index contributed by atoms with van der Waals surface area (Å²) < 4.78 is 0. The van der Waals surface area contributed by atoms with Gasteiger partial charge in [0.2, 0.25) is 0 Å². The molecular formula is C15H11N3O3.